The second-order valence-electron chi connectivity index (χ2n) is 9.70. The molecule has 0 amide bonds. The number of pyridine rings is 1. The number of benzene rings is 1. The highest BCUT2D eigenvalue weighted by Gasteiger charge is 2.45. The Hall–Kier alpha value is -2.33. The first kappa shape index (κ1) is 28.7. The predicted octanol–water partition coefficient (Wildman–Crippen LogP) is -0.143. The minimum atomic E-state index is -3.91. The number of nitrogens with one attached hydrogen (secondary N) is 1. The van der Waals surface area contributed by atoms with Crippen LogP contribution in [0.4, 0.5) is 0 Å². The minimum absolute atomic E-state index is 0.0237. The van der Waals surface area contributed by atoms with E-state index in [9.17, 15) is 26.7 Å². The van der Waals surface area contributed by atoms with Crippen molar-refractivity contribution in [3.63, 3.8) is 0 Å². The van der Waals surface area contributed by atoms with Gasteiger partial charge in [-0.1, -0.05) is 6.07 Å². The molecule has 2 aliphatic rings. The number of primary sulfonamides is 1. The fourth-order valence-corrected chi connectivity index (χ4v) is 6.87. The molecule has 3 heterocycles. The van der Waals surface area contributed by atoms with Crippen LogP contribution in [0.2, 0.25) is 0 Å². The Labute approximate surface area is 222 Å². The van der Waals surface area contributed by atoms with E-state index in [1.54, 1.807) is 16.8 Å². The van der Waals surface area contributed by atoms with Crippen LogP contribution in [-0.4, -0.2) is 81.4 Å². The van der Waals surface area contributed by atoms with Gasteiger partial charge in [-0.2, -0.15) is 4.31 Å². The van der Waals surface area contributed by atoms with E-state index in [0.717, 1.165) is 0 Å². The van der Waals surface area contributed by atoms with Crippen molar-refractivity contribution in [3.8, 4) is 5.75 Å². The lowest BCUT2D eigenvalue weighted by molar-refractivity contribution is -0.0312. The first-order valence-electron chi connectivity index (χ1n) is 12.4. The fraction of sp³-hybridized carbons (Fsp3) is 0.542. The van der Waals surface area contributed by atoms with E-state index in [1.807, 2.05) is 6.92 Å². The standard InChI is InChI=1S/C24H34N4O8S2/c1-2-27-9-6-22(30)23(15-27)38(33,34)28-10-7-24(8-11-28)13-18(16-36-24)26-14-19(29)17-35-20-4-3-5-21(12-20)37(25,31)32/h3-6,9,12,15,18-19,26,29H,2,7-8,10-11,13-14,16-17H2,1H3,(H2,25,31,32)/t18-,19+/m1/s1. The van der Waals surface area contributed by atoms with E-state index in [4.69, 9.17) is 14.6 Å². The van der Waals surface area contributed by atoms with Crippen LogP contribution in [0, 0.1) is 0 Å². The highest BCUT2D eigenvalue weighted by atomic mass is 32.2. The van der Waals surface area contributed by atoms with Crippen molar-refractivity contribution < 1.29 is 31.4 Å². The number of aliphatic hydroxyl groups is 1. The van der Waals surface area contributed by atoms with Crippen LogP contribution < -0.4 is 20.6 Å². The first-order valence-corrected chi connectivity index (χ1v) is 15.4. The maximum atomic E-state index is 13.1. The number of nitrogens with two attached hydrogens (primary N) is 1. The van der Waals surface area contributed by atoms with Crippen molar-refractivity contribution >= 4 is 20.0 Å². The highest BCUT2D eigenvalue weighted by Crippen LogP contribution is 2.37. The quantitative estimate of drug-likeness (QED) is 0.352. The van der Waals surface area contributed by atoms with Crippen LogP contribution >= 0.6 is 0 Å². The zero-order chi connectivity index (χ0) is 27.6. The minimum Gasteiger partial charge on any atom is -0.491 e. The molecule has 1 spiro atoms. The molecule has 2 saturated heterocycles. The number of ether oxygens (including phenoxy) is 2. The number of rotatable bonds is 10. The maximum absolute atomic E-state index is 13.1. The Morgan fingerprint density at radius 3 is 2.66 bits per heavy atom. The molecule has 14 heteroatoms. The van der Waals surface area contributed by atoms with Crippen LogP contribution in [0.5, 0.6) is 5.75 Å². The van der Waals surface area contributed by atoms with Crippen molar-refractivity contribution in [2.75, 3.05) is 32.8 Å². The summed E-state index contributed by atoms with van der Waals surface area (Å²) in [7, 11) is -7.75. The largest absolute Gasteiger partial charge is 0.491 e. The summed E-state index contributed by atoms with van der Waals surface area (Å²) in [5, 5.41) is 18.7. The molecule has 2 aliphatic heterocycles. The number of sulfonamides is 2. The van der Waals surface area contributed by atoms with Gasteiger partial charge in [0.25, 0.3) is 0 Å². The lowest BCUT2D eigenvalue weighted by atomic mass is 9.88. The number of aryl methyl sites for hydroxylation is 1. The van der Waals surface area contributed by atoms with Crippen molar-refractivity contribution in [1.82, 2.24) is 14.2 Å². The van der Waals surface area contributed by atoms with Gasteiger partial charge in [0.15, 0.2) is 0 Å². The van der Waals surface area contributed by atoms with Gasteiger partial charge in [-0.3, -0.25) is 4.79 Å². The van der Waals surface area contributed by atoms with E-state index in [2.05, 4.69) is 5.32 Å². The molecule has 0 bridgehead atoms. The molecule has 12 nitrogen and oxygen atoms in total. The summed E-state index contributed by atoms with van der Waals surface area (Å²) in [4.78, 5) is 12.0. The number of piperidine rings is 1. The SMILES string of the molecule is CCn1ccc(=O)c(S(=O)(=O)N2CCC3(CC2)C[C@@H](NC[C@H](O)COc2cccc(S(N)(=O)=O)c2)CO3)c1. The topological polar surface area (TPSA) is 170 Å². The van der Waals surface area contributed by atoms with Gasteiger partial charge in [-0.25, -0.2) is 22.0 Å². The first-order chi connectivity index (χ1) is 17.9. The molecule has 1 aromatic carbocycles. The third kappa shape index (κ3) is 6.62. The summed E-state index contributed by atoms with van der Waals surface area (Å²) in [6, 6.07) is 7.00. The van der Waals surface area contributed by atoms with Crippen molar-refractivity contribution in [1.29, 1.82) is 0 Å². The summed E-state index contributed by atoms with van der Waals surface area (Å²) in [6.45, 7) is 3.54. The van der Waals surface area contributed by atoms with Crippen LogP contribution in [0.3, 0.4) is 0 Å². The molecule has 0 unspecified atom stereocenters. The van der Waals surface area contributed by atoms with E-state index in [-0.39, 0.29) is 47.8 Å². The number of nitrogens with zero attached hydrogens (tertiary/aromatic N) is 2. The van der Waals surface area contributed by atoms with E-state index >= 15 is 0 Å². The molecule has 2 atom stereocenters. The number of aromatic nitrogens is 1. The number of hydrogen-bond donors (Lipinski definition) is 3. The van der Waals surface area contributed by atoms with Gasteiger partial charge in [0.05, 0.1) is 17.1 Å². The second kappa shape index (κ2) is 11.4. The van der Waals surface area contributed by atoms with Gasteiger partial charge in [0.1, 0.15) is 23.4 Å². The van der Waals surface area contributed by atoms with Gasteiger partial charge >= 0.3 is 0 Å². The Morgan fingerprint density at radius 1 is 1.24 bits per heavy atom. The molecule has 0 radical (unpaired) electrons. The van der Waals surface area contributed by atoms with Crippen LogP contribution in [0.1, 0.15) is 26.2 Å². The molecular weight excluding hydrogens is 536 g/mol. The Bertz CT molecular complexity index is 1400. The molecule has 2 aromatic rings. The van der Waals surface area contributed by atoms with E-state index < -0.39 is 37.2 Å². The van der Waals surface area contributed by atoms with Crippen LogP contribution in [-0.2, 0) is 31.3 Å². The third-order valence-corrected chi connectivity index (χ3v) is 9.81. The fourth-order valence-electron chi connectivity index (χ4n) is 4.79. The van der Waals surface area contributed by atoms with Gasteiger partial charge in [0, 0.05) is 56.7 Å². The predicted molar refractivity (Wildman–Crippen MR) is 139 cm³/mol. The zero-order valence-electron chi connectivity index (χ0n) is 21.2. The molecule has 4 rings (SSSR count). The summed E-state index contributed by atoms with van der Waals surface area (Å²) in [5.74, 6) is 0.282. The highest BCUT2D eigenvalue weighted by molar-refractivity contribution is 7.89. The molecule has 4 N–H and O–H groups in total. The molecule has 210 valence electrons. The van der Waals surface area contributed by atoms with E-state index in [0.29, 0.717) is 32.4 Å². The average molecular weight is 571 g/mol. The Morgan fingerprint density at radius 2 is 1.97 bits per heavy atom. The van der Waals surface area contributed by atoms with Gasteiger partial charge in [-0.05, 0) is 38.3 Å². The van der Waals surface area contributed by atoms with Gasteiger partial charge < -0.3 is 24.5 Å². The Balaban J connectivity index is 1.25. The molecular formula is C24H34N4O8S2. The molecule has 2 fully saturated rings. The number of aliphatic hydroxyl groups excluding tert-OH is 1. The average Bonchev–Trinajstić information content (AvgIpc) is 3.28. The normalized spacial score (nSPS) is 21.0. The lowest BCUT2D eigenvalue weighted by Gasteiger charge is -2.38. The van der Waals surface area contributed by atoms with Crippen molar-refractivity contribution in [2.24, 2.45) is 5.14 Å². The monoisotopic (exact) mass is 570 g/mol. The molecule has 0 saturated carbocycles. The summed E-state index contributed by atoms with van der Waals surface area (Å²) >= 11 is 0. The molecule has 1 aromatic heterocycles. The lowest BCUT2D eigenvalue weighted by Crippen LogP contribution is -2.47. The molecule has 38 heavy (non-hydrogen) atoms. The Kier molecular flexibility index (Phi) is 8.62. The van der Waals surface area contributed by atoms with Crippen molar-refractivity contribution in [2.45, 2.75) is 60.3 Å². The zero-order valence-corrected chi connectivity index (χ0v) is 22.8. The third-order valence-electron chi connectivity index (χ3n) is 6.99. The van der Waals surface area contributed by atoms with Crippen LogP contribution in [0.25, 0.3) is 0 Å². The summed E-state index contributed by atoms with van der Waals surface area (Å²) < 4.78 is 63.8. The smallest absolute Gasteiger partial charge is 0.248 e. The van der Waals surface area contributed by atoms with Crippen molar-refractivity contribution in [3.05, 3.63) is 52.9 Å². The molecule has 0 aliphatic carbocycles. The van der Waals surface area contributed by atoms with E-state index in [1.165, 1.54) is 34.8 Å². The van der Waals surface area contributed by atoms with Crippen LogP contribution in [0.15, 0.2) is 57.3 Å². The second-order valence-corrected chi connectivity index (χ2v) is 13.2. The summed E-state index contributed by atoms with van der Waals surface area (Å²) in [6.07, 6.45) is 3.78. The number of hydrogen-bond acceptors (Lipinski definition) is 9. The summed E-state index contributed by atoms with van der Waals surface area (Å²) in [5.41, 5.74) is -0.976. The van der Waals surface area contributed by atoms with Gasteiger partial charge in [-0.15, -0.1) is 0 Å². The van der Waals surface area contributed by atoms with Gasteiger partial charge in [0.2, 0.25) is 25.5 Å². The maximum Gasteiger partial charge on any atom is 0.248 e.